The maximum Gasteiger partial charge on any atom is 0.284 e. The number of thiazole rings is 1. The monoisotopic (exact) mass is 376 g/mol. The number of carbonyl (C=O) groups is 1. The number of hydrogen-bond acceptors (Lipinski definition) is 6. The maximum atomic E-state index is 12.5. The van der Waals surface area contributed by atoms with E-state index >= 15 is 0 Å². The minimum absolute atomic E-state index is 0.234. The summed E-state index contributed by atoms with van der Waals surface area (Å²) in [5.41, 5.74) is 4.60. The zero-order valence-electron chi connectivity index (χ0n) is 14.8. The van der Waals surface area contributed by atoms with Gasteiger partial charge in [-0.05, 0) is 48.7 Å². The number of benzene rings is 1. The highest BCUT2D eigenvalue weighted by atomic mass is 32.1. The second-order valence-corrected chi connectivity index (χ2v) is 7.07. The summed E-state index contributed by atoms with van der Waals surface area (Å²) in [6.07, 6.45) is 8.24. The fourth-order valence-electron chi connectivity index (χ4n) is 2.68. The van der Waals surface area contributed by atoms with Gasteiger partial charge >= 0.3 is 0 Å². The van der Waals surface area contributed by atoms with Gasteiger partial charge in [0.05, 0.1) is 11.1 Å². The van der Waals surface area contributed by atoms with Crippen molar-refractivity contribution in [2.45, 2.75) is 13.8 Å². The van der Waals surface area contributed by atoms with Crippen molar-refractivity contribution in [1.82, 2.24) is 15.0 Å². The van der Waals surface area contributed by atoms with E-state index in [4.69, 9.17) is 4.42 Å². The van der Waals surface area contributed by atoms with Gasteiger partial charge in [0.15, 0.2) is 5.01 Å². The molecule has 0 saturated carbocycles. The lowest BCUT2D eigenvalue weighted by molar-refractivity contribution is 0.102. The van der Waals surface area contributed by atoms with Gasteiger partial charge in [0.2, 0.25) is 5.89 Å². The van der Waals surface area contributed by atoms with Crippen molar-refractivity contribution >= 4 is 22.9 Å². The number of nitrogens with zero attached hydrogens (tertiary/aromatic N) is 3. The molecule has 0 aliphatic rings. The molecule has 4 rings (SSSR count). The molecule has 0 atom stereocenters. The molecule has 0 spiro atoms. The summed E-state index contributed by atoms with van der Waals surface area (Å²) in [6.45, 7) is 3.92. The first-order chi connectivity index (χ1) is 13.1. The van der Waals surface area contributed by atoms with Gasteiger partial charge in [-0.25, -0.2) is 9.97 Å². The summed E-state index contributed by atoms with van der Waals surface area (Å²) >= 11 is 1.35. The van der Waals surface area contributed by atoms with E-state index in [0.29, 0.717) is 10.9 Å². The Bertz CT molecular complexity index is 1100. The third kappa shape index (κ3) is 3.50. The van der Waals surface area contributed by atoms with Gasteiger partial charge in [-0.3, -0.25) is 9.78 Å². The summed E-state index contributed by atoms with van der Waals surface area (Å²) in [5, 5.41) is 3.29. The topological polar surface area (TPSA) is 80.9 Å². The highest BCUT2D eigenvalue weighted by molar-refractivity contribution is 7.17. The second kappa shape index (κ2) is 7.13. The molecule has 6 nitrogen and oxygen atoms in total. The molecule has 3 aromatic heterocycles. The molecule has 3 heterocycles. The first-order valence-electron chi connectivity index (χ1n) is 8.30. The standard InChI is InChI=1S/C20H16N4O2S/c1-12-3-4-14(19-22-7-8-26-19)9-15(12)17-11-23-20(27-17)18(25)24-16-5-6-21-10-13(16)2/h3-11H,1-2H3,(H,21,24,25). The van der Waals surface area contributed by atoms with Gasteiger partial charge < -0.3 is 9.73 Å². The molecule has 0 bridgehead atoms. The number of amides is 1. The van der Waals surface area contributed by atoms with Crippen LogP contribution >= 0.6 is 11.3 Å². The van der Waals surface area contributed by atoms with Crippen LogP contribution in [0.25, 0.3) is 21.9 Å². The van der Waals surface area contributed by atoms with Crippen LogP contribution in [0.15, 0.2) is 59.7 Å². The van der Waals surface area contributed by atoms with Crippen molar-refractivity contribution in [2.75, 3.05) is 5.32 Å². The summed E-state index contributed by atoms with van der Waals surface area (Å²) in [7, 11) is 0. The average molecular weight is 376 g/mol. The van der Waals surface area contributed by atoms with Gasteiger partial charge in [0.25, 0.3) is 5.91 Å². The third-order valence-electron chi connectivity index (χ3n) is 4.15. The van der Waals surface area contributed by atoms with Gasteiger partial charge in [-0.2, -0.15) is 0 Å². The van der Waals surface area contributed by atoms with Crippen LogP contribution in [0.3, 0.4) is 0 Å². The summed E-state index contributed by atoms with van der Waals surface area (Å²) in [4.78, 5) is 26.0. The third-order valence-corrected chi connectivity index (χ3v) is 5.18. The molecule has 1 N–H and O–H groups in total. The van der Waals surface area contributed by atoms with E-state index in [0.717, 1.165) is 32.8 Å². The highest BCUT2D eigenvalue weighted by Gasteiger charge is 2.15. The smallest absolute Gasteiger partial charge is 0.284 e. The van der Waals surface area contributed by atoms with Gasteiger partial charge in [0.1, 0.15) is 6.26 Å². The van der Waals surface area contributed by atoms with Gasteiger partial charge in [-0.1, -0.05) is 6.07 Å². The Morgan fingerprint density at radius 3 is 2.74 bits per heavy atom. The average Bonchev–Trinajstić information content (AvgIpc) is 3.36. The van der Waals surface area contributed by atoms with Crippen molar-refractivity contribution in [3.63, 3.8) is 0 Å². The van der Waals surface area contributed by atoms with Crippen LogP contribution in [-0.2, 0) is 0 Å². The van der Waals surface area contributed by atoms with E-state index in [1.165, 1.54) is 11.3 Å². The summed E-state index contributed by atoms with van der Waals surface area (Å²) in [5.74, 6) is 0.328. The zero-order valence-corrected chi connectivity index (χ0v) is 15.6. The zero-order chi connectivity index (χ0) is 18.8. The Labute approximate surface area is 160 Å². The number of oxazole rings is 1. The van der Waals surface area contributed by atoms with Crippen molar-refractivity contribution in [2.24, 2.45) is 0 Å². The molecule has 1 amide bonds. The molecule has 0 unspecified atom stereocenters. The molecular formula is C20H16N4O2S. The van der Waals surface area contributed by atoms with E-state index in [1.54, 1.807) is 37.1 Å². The van der Waals surface area contributed by atoms with Crippen molar-refractivity contribution in [3.8, 4) is 21.9 Å². The lowest BCUT2D eigenvalue weighted by Crippen LogP contribution is -2.12. The Morgan fingerprint density at radius 2 is 1.96 bits per heavy atom. The largest absolute Gasteiger partial charge is 0.445 e. The van der Waals surface area contributed by atoms with Crippen LogP contribution in [0, 0.1) is 13.8 Å². The van der Waals surface area contributed by atoms with E-state index in [2.05, 4.69) is 20.3 Å². The number of nitrogens with one attached hydrogen (secondary N) is 1. The van der Waals surface area contributed by atoms with E-state index in [9.17, 15) is 4.79 Å². The Hall–Kier alpha value is -3.32. The minimum atomic E-state index is -0.234. The number of anilines is 1. The molecule has 0 aliphatic carbocycles. The predicted molar refractivity (Wildman–Crippen MR) is 105 cm³/mol. The number of hydrogen-bond donors (Lipinski definition) is 1. The molecule has 1 aromatic carbocycles. The Balaban J connectivity index is 1.62. The van der Waals surface area contributed by atoms with Crippen LogP contribution in [0.2, 0.25) is 0 Å². The van der Waals surface area contributed by atoms with Crippen LogP contribution in [0.4, 0.5) is 5.69 Å². The fraction of sp³-hybridized carbons (Fsp3) is 0.100. The Kier molecular flexibility index (Phi) is 4.52. The van der Waals surface area contributed by atoms with E-state index in [-0.39, 0.29) is 5.91 Å². The number of aryl methyl sites for hydroxylation is 2. The molecule has 27 heavy (non-hydrogen) atoms. The number of pyridine rings is 1. The molecule has 7 heteroatoms. The SMILES string of the molecule is Cc1cnccc1NC(=O)c1ncc(-c2cc(-c3ncco3)ccc2C)s1. The summed E-state index contributed by atoms with van der Waals surface area (Å²) < 4.78 is 5.38. The predicted octanol–water partition coefficient (Wildman–Crippen LogP) is 4.73. The first kappa shape index (κ1) is 17.1. The van der Waals surface area contributed by atoms with E-state index < -0.39 is 0 Å². The van der Waals surface area contributed by atoms with Gasteiger partial charge in [0, 0.05) is 29.8 Å². The molecule has 4 aromatic rings. The number of rotatable bonds is 4. The molecule has 134 valence electrons. The quantitative estimate of drug-likeness (QED) is 0.557. The fourth-order valence-corrected chi connectivity index (χ4v) is 3.57. The van der Waals surface area contributed by atoms with Crippen LogP contribution in [0.5, 0.6) is 0 Å². The molecule has 0 radical (unpaired) electrons. The van der Waals surface area contributed by atoms with Crippen molar-refractivity contribution < 1.29 is 9.21 Å². The number of carbonyl (C=O) groups excluding carboxylic acids is 1. The molecule has 0 saturated heterocycles. The van der Waals surface area contributed by atoms with Crippen LogP contribution < -0.4 is 5.32 Å². The second-order valence-electron chi connectivity index (χ2n) is 6.04. The Morgan fingerprint density at radius 1 is 1.07 bits per heavy atom. The highest BCUT2D eigenvalue weighted by Crippen LogP contribution is 2.32. The van der Waals surface area contributed by atoms with Crippen molar-refractivity contribution in [3.05, 3.63) is 71.5 Å². The lowest BCUT2D eigenvalue weighted by atomic mass is 10.0. The van der Waals surface area contributed by atoms with Crippen LogP contribution in [0.1, 0.15) is 20.9 Å². The van der Waals surface area contributed by atoms with Crippen LogP contribution in [-0.4, -0.2) is 20.9 Å². The lowest BCUT2D eigenvalue weighted by Gasteiger charge is -2.06. The maximum absolute atomic E-state index is 12.5. The van der Waals surface area contributed by atoms with Gasteiger partial charge in [-0.15, -0.1) is 11.3 Å². The van der Waals surface area contributed by atoms with E-state index in [1.807, 2.05) is 32.0 Å². The van der Waals surface area contributed by atoms with Crippen molar-refractivity contribution in [1.29, 1.82) is 0 Å². The first-order valence-corrected chi connectivity index (χ1v) is 9.12. The molecular weight excluding hydrogens is 360 g/mol. The normalized spacial score (nSPS) is 10.7. The number of aromatic nitrogens is 3. The summed E-state index contributed by atoms with van der Waals surface area (Å²) in [6, 6.07) is 7.75. The molecule has 0 aliphatic heterocycles. The minimum Gasteiger partial charge on any atom is -0.445 e. The molecule has 0 fully saturated rings.